The summed E-state index contributed by atoms with van der Waals surface area (Å²) in [4.78, 5) is 11.3. The Kier molecular flexibility index (Phi) is 3.82. The molecule has 22 heavy (non-hydrogen) atoms. The van der Waals surface area contributed by atoms with E-state index in [1.165, 1.54) is 23.5 Å². The van der Waals surface area contributed by atoms with Crippen LogP contribution in [-0.2, 0) is 14.8 Å². The summed E-state index contributed by atoms with van der Waals surface area (Å²) in [7, 11) is -2.46. The summed E-state index contributed by atoms with van der Waals surface area (Å²) in [6.07, 6.45) is 1.08. The molecule has 1 aromatic carbocycles. The van der Waals surface area contributed by atoms with Crippen LogP contribution in [0.1, 0.15) is 12.8 Å². The van der Waals surface area contributed by atoms with E-state index in [2.05, 4.69) is 5.32 Å². The van der Waals surface area contributed by atoms with Crippen LogP contribution in [0.15, 0.2) is 23.1 Å². The molecule has 3 rings (SSSR count). The first-order chi connectivity index (χ1) is 10.4. The number of rotatable bonds is 3. The van der Waals surface area contributed by atoms with Gasteiger partial charge in [0, 0.05) is 25.6 Å². The van der Waals surface area contributed by atoms with Gasteiger partial charge in [-0.1, -0.05) is 0 Å². The third-order valence-electron chi connectivity index (χ3n) is 4.27. The van der Waals surface area contributed by atoms with E-state index in [0.29, 0.717) is 19.4 Å². The monoisotopic (exact) mass is 328 g/mol. The second-order valence-corrected chi connectivity index (χ2v) is 7.52. The van der Waals surface area contributed by atoms with Crippen molar-refractivity contribution in [1.82, 2.24) is 9.62 Å². The molecular formula is C14H17FN2O4S. The number of piperidine rings is 1. The number of sulfonamides is 1. The number of amides is 1. The van der Waals surface area contributed by atoms with Gasteiger partial charge in [0.05, 0.1) is 12.0 Å². The second-order valence-electron chi connectivity index (χ2n) is 5.59. The highest BCUT2D eigenvalue weighted by Crippen LogP contribution is 2.30. The summed E-state index contributed by atoms with van der Waals surface area (Å²) in [5.74, 6) is -0.565. The summed E-state index contributed by atoms with van der Waals surface area (Å²) < 4.78 is 45.1. The maximum Gasteiger partial charge on any atom is 0.243 e. The second kappa shape index (κ2) is 5.51. The zero-order valence-corrected chi connectivity index (χ0v) is 12.9. The Bertz CT molecular complexity index is 707. The van der Waals surface area contributed by atoms with Crippen LogP contribution in [0.25, 0.3) is 0 Å². The number of hydrogen-bond donors (Lipinski definition) is 1. The molecule has 0 radical (unpaired) electrons. The van der Waals surface area contributed by atoms with Gasteiger partial charge >= 0.3 is 0 Å². The quantitative estimate of drug-likeness (QED) is 0.888. The number of carbonyl (C=O) groups is 1. The van der Waals surface area contributed by atoms with Gasteiger partial charge < -0.3 is 10.1 Å². The number of hydrogen-bond acceptors (Lipinski definition) is 4. The van der Waals surface area contributed by atoms with Gasteiger partial charge in [0.1, 0.15) is 0 Å². The Morgan fingerprint density at radius 2 is 2.18 bits per heavy atom. The van der Waals surface area contributed by atoms with Gasteiger partial charge in [-0.3, -0.25) is 4.79 Å². The minimum Gasteiger partial charge on any atom is -0.494 e. The molecule has 2 atom stereocenters. The number of ether oxygens (including phenoxy) is 1. The number of methoxy groups -OCH3 is 1. The number of carbonyl (C=O) groups excluding carboxylic acids is 1. The van der Waals surface area contributed by atoms with Crippen LogP contribution in [0.2, 0.25) is 0 Å². The summed E-state index contributed by atoms with van der Waals surface area (Å²) in [5.41, 5.74) is 0. The highest BCUT2D eigenvalue weighted by Gasteiger charge is 2.40. The molecule has 0 spiro atoms. The summed E-state index contributed by atoms with van der Waals surface area (Å²) >= 11 is 0. The van der Waals surface area contributed by atoms with Crippen molar-refractivity contribution in [3.63, 3.8) is 0 Å². The summed E-state index contributed by atoms with van der Waals surface area (Å²) in [6.45, 7) is 0.568. The first kappa shape index (κ1) is 15.2. The average molecular weight is 328 g/mol. The van der Waals surface area contributed by atoms with Gasteiger partial charge in [0.2, 0.25) is 15.9 Å². The molecule has 0 bridgehead atoms. The summed E-state index contributed by atoms with van der Waals surface area (Å²) in [6, 6.07) is 3.44. The van der Waals surface area contributed by atoms with E-state index in [1.807, 2.05) is 0 Å². The third kappa shape index (κ3) is 2.56. The number of nitrogens with one attached hydrogen (secondary N) is 1. The maximum absolute atomic E-state index is 13.7. The Hall–Kier alpha value is -1.67. The molecule has 2 saturated heterocycles. The van der Waals surface area contributed by atoms with Crippen LogP contribution >= 0.6 is 0 Å². The lowest BCUT2D eigenvalue weighted by atomic mass is 9.94. The molecule has 1 amide bonds. The molecule has 2 aliphatic heterocycles. The number of benzene rings is 1. The van der Waals surface area contributed by atoms with Gasteiger partial charge in [-0.05, 0) is 30.5 Å². The van der Waals surface area contributed by atoms with Crippen LogP contribution in [0, 0.1) is 11.7 Å². The fourth-order valence-electron chi connectivity index (χ4n) is 3.06. The molecular weight excluding hydrogens is 311 g/mol. The molecule has 120 valence electrons. The minimum absolute atomic E-state index is 0.000662. The van der Waals surface area contributed by atoms with Gasteiger partial charge in [-0.2, -0.15) is 4.31 Å². The van der Waals surface area contributed by atoms with Crippen molar-refractivity contribution in [3.8, 4) is 5.75 Å². The fraction of sp³-hybridized carbons (Fsp3) is 0.500. The largest absolute Gasteiger partial charge is 0.494 e. The van der Waals surface area contributed by atoms with Crippen molar-refractivity contribution in [2.75, 3.05) is 20.2 Å². The number of halogens is 1. The first-order valence-electron chi connectivity index (χ1n) is 7.05. The maximum atomic E-state index is 13.7. The smallest absolute Gasteiger partial charge is 0.243 e. The molecule has 2 aliphatic rings. The van der Waals surface area contributed by atoms with Crippen molar-refractivity contribution in [3.05, 3.63) is 24.0 Å². The van der Waals surface area contributed by atoms with Crippen LogP contribution in [0.5, 0.6) is 5.75 Å². The molecule has 0 saturated carbocycles. The Morgan fingerprint density at radius 1 is 1.41 bits per heavy atom. The minimum atomic E-state index is -3.78. The van der Waals surface area contributed by atoms with Gasteiger partial charge in [-0.25, -0.2) is 12.8 Å². The molecule has 0 unspecified atom stereocenters. The van der Waals surface area contributed by atoms with E-state index >= 15 is 0 Å². The highest BCUT2D eigenvalue weighted by molar-refractivity contribution is 7.89. The lowest BCUT2D eigenvalue weighted by molar-refractivity contribution is -0.119. The molecule has 2 fully saturated rings. The van der Waals surface area contributed by atoms with Crippen molar-refractivity contribution in [2.24, 2.45) is 5.92 Å². The third-order valence-corrected chi connectivity index (χ3v) is 6.13. The van der Waals surface area contributed by atoms with Crippen molar-refractivity contribution >= 4 is 15.9 Å². The van der Waals surface area contributed by atoms with Crippen LogP contribution in [0.3, 0.4) is 0 Å². The van der Waals surface area contributed by atoms with E-state index in [0.717, 1.165) is 6.07 Å². The fourth-order valence-corrected chi connectivity index (χ4v) is 4.55. The highest BCUT2D eigenvalue weighted by atomic mass is 32.2. The van der Waals surface area contributed by atoms with Crippen molar-refractivity contribution in [2.45, 2.75) is 23.8 Å². The van der Waals surface area contributed by atoms with E-state index in [4.69, 9.17) is 4.74 Å². The Balaban J connectivity index is 1.84. The van der Waals surface area contributed by atoms with Crippen LogP contribution in [-0.4, -0.2) is 44.9 Å². The topological polar surface area (TPSA) is 75.7 Å². The average Bonchev–Trinajstić information content (AvgIpc) is 2.86. The molecule has 1 N–H and O–H groups in total. The molecule has 0 aromatic heterocycles. The zero-order valence-electron chi connectivity index (χ0n) is 12.1. The molecule has 8 heteroatoms. The van der Waals surface area contributed by atoms with E-state index in [-0.39, 0.29) is 35.1 Å². The van der Waals surface area contributed by atoms with E-state index < -0.39 is 15.8 Å². The molecule has 1 aromatic rings. The van der Waals surface area contributed by atoms with E-state index in [9.17, 15) is 17.6 Å². The lowest BCUT2D eigenvalue weighted by Crippen LogP contribution is -2.48. The molecule has 0 aliphatic carbocycles. The number of nitrogens with zero attached hydrogens (tertiary/aromatic N) is 1. The van der Waals surface area contributed by atoms with Gasteiger partial charge in [-0.15, -0.1) is 0 Å². The molecule has 6 nitrogen and oxygen atoms in total. The number of fused-ring (bicyclic) bond motifs is 1. The molecule has 2 heterocycles. The van der Waals surface area contributed by atoms with Crippen LogP contribution < -0.4 is 10.1 Å². The Morgan fingerprint density at radius 3 is 2.86 bits per heavy atom. The predicted octanol–water partition coefficient (Wildman–Crippen LogP) is 0.733. The van der Waals surface area contributed by atoms with E-state index in [1.54, 1.807) is 0 Å². The first-order valence-corrected chi connectivity index (χ1v) is 8.49. The normalized spacial score (nSPS) is 25.6. The zero-order chi connectivity index (χ0) is 15.9. The predicted molar refractivity (Wildman–Crippen MR) is 76.4 cm³/mol. The SMILES string of the molecule is COc1ccc(S(=O)(=O)N2CC[C@@H]3CC(=O)N[C@@H]3C2)cc1F. The van der Waals surface area contributed by atoms with Gasteiger partial charge in [0.15, 0.2) is 11.6 Å². The van der Waals surface area contributed by atoms with Gasteiger partial charge in [0.25, 0.3) is 0 Å². The van der Waals surface area contributed by atoms with Crippen molar-refractivity contribution < 1.29 is 22.3 Å². The summed E-state index contributed by atoms with van der Waals surface area (Å²) in [5, 5.41) is 2.80. The Labute approximate surface area is 128 Å². The van der Waals surface area contributed by atoms with Crippen LogP contribution in [0.4, 0.5) is 4.39 Å². The van der Waals surface area contributed by atoms with Crippen molar-refractivity contribution in [1.29, 1.82) is 0 Å². The lowest BCUT2D eigenvalue weighted by Gasteiger charge is -2.33. The standard InChI is InChI=1S/C14H17FN2O4S/c1-21-13-3-2-10(7-11(13)15)22(19,20)17-5-4-9-6-14(18)16-12(9)8-17/h2-3,7,9,12H,4-6,8H2,1H3,(H,16,18)/t9-,12-/m1/s1.